The molecule has 0 aliphatic rings. The van der Waals surface area contributed by atoms with Crippen LogP contribution in [0.5, 0.6) is 0 Å². The van der Waals surface area contributed by atoms with Crippen molar-refractivity contribution in [3.63, 3.8) is 0 Å². The molecule has 0 bridgehead atoms. The Kier molecular flexibility index (Phi) is 16.7. The van der Waals surface area contributed by atoms with Crippen molar-refractivity contribution in [3.05, 3.63) is 6.42 Å². The van der Waals surface area contributed by atoms with Gasteiger partial charge in [0.2, 0.25) is 0 Å². The monoisotopic (exact) mass is 81.1 g/mol. The van der Waals surface area contributed by atoms with E-state index in [0.29, 0.717) is 0 Å². The van der Waals surface area contributed by atoms with E-state index in [1.165, 1.54) is 6.42 Å². The molecular formula is C4H10Na. The molecule has 0 nitrogen and oxygen atoms in total. The summed E-state index contributed by atoms with van der Waals surface area (Å²) in [5.74, 6) is 0. The molecule has 0 N–H and O–H groups in total. The van der Waals surface area contributed by atoms with Gasteiger partial charge in [-0.05, 0) is 6.42 Å². The van der Waals surface area contributed by atoms with E-state index in [2.05, 4.69) is 20.3 Å². The van der Waals surface area contributed by atoms with Crippen LogP contribution in [-0.2, 0) is 0 Å². The number of hydrogen-bond donors (Lipinski definition) is 0. The van der Waals surface area contributed by atoms with Crippen molar-refractivity contribution in [2.75, 3.05) is 0 Å². The van der Waals surface area contributed by atoms with Crippen LogP contribution in [0.15, 0.2) is 0 Å². The molecule has 0 unspecified atom stereocenters. The molecule has 0 heterocycles. The molecule has 0 aromatic rings. The van der Waals surface area contributed by atoms with Gasteiger partial charge in [0.05, 0.1) is 0 Å². The van der Waals surface area contributed by atoms with Crippen LogP contribution in [0.25, 0.3) is 0 Å². The number of hydrogen-bond acceptors (Lipinski definition) is 0. The maximum atomic E-state index is 2.12. The van der Waals surface area contributed by atoms with Crippen molar-refractivity contribution >= 4 is 29.6 Å². The molecule has 0 aromatic heterocycles. The van der Waals surface area contributed by atoms with Crippen LogP contribution in [0.4, 0.5) is 0 Å². The van der Waals surface area contributed by atoms with Gasteiger partial charge in [0.25, 0.3) is 0 Å². The van der Waals surface area contributed by atoms with Gasteiger partial charge < -0.3 is 0 Å². The van der Waals surface area contributed by atoms with Gasteiger partial charge in [-0.25, -0.2) is 0 Å². The van der Waals surface area contributed by atoms with Crippen molar-refractivity contribution in [2.45, 2.75) is 20.3 Å². The maximum absolute atomic E-state index is 2.12. The SMILES string of the molecule is C[CH]CC.[NaH]. The van der Waals surface area contributed by atoms with Gasteiger partial charge in [0, 0.05) is 0 Å². The second-order valence-electron chi connectivity index (χ2n) is 0.816. The molecule has 0 saturated heterocycles. The van der Waals surface area contributed by atoms with Gasteiger partial charge in [-0.2, -0.15) is 0 Å². The minimum atomic E-state index is 0. The fourth-order valence-corrected chi connectivity index (χ4v) is 0. The van der Waals surface area contributed by atoms with Gasteiger partial charge in [-0.15, -0.1) is 0 Å². The molecule has 27 valence electrons. The molecule has 5 heavy (non-hydrogen) atoms. The zero-order valence-corrected chi connectivity index (χ0v) is 3.28. The normalized spacial score (nSPS) is 6.00. The Hall–Kier alpha value is 1.00. The Morgan fingerprint density at radius 1 is 1.60 bits per heavy atom. The molecule has 0 rings (SSSR count). The van der Waals surface area contributed by atoms with E-state index in [0.717, 1.165) is 0 Å². The molecule has 0 atom stereocenters. The summed E-state index contributed by atoms with van der Waals surface area (Å²) in [6.07, 6.45) is 3.32. The summed E-state index contributed by atoms with van der Waals surface area (Å²) in [4.78, 5) is 0. The van der Waals surface area contributed by atoms with Crippen molar-refractivity contribution in [1.82, 2.24) is 0 Å². The van der Waals surface area contributed by atoms with E-state index < -0.39 is 0 Å². The van der Waals surface area contributed by atoms with Crippen molar-refractivity contribution < 1.29 is 0 Å². The quantitative estimate of drug-likeness (QED) is 0.412. The minimum absolute atomic E-state index is 0. The summed E-state index contributed by atoms with van der Waals surface area (Å²) < 4.78 is 0. The summed E-state index contributed by atoms with van der Waals surface area (Å²) >= 11 is 0. The molecule has 1 radical (unpaired) electrons. The van der Waals surface area contributed by atoms with Gasteiger partial charge in [-0.3, -0.25) is 0 Å². The van der Waals surface area contributed by atoms with E-state index >= 15 is 0 Å². The standard InChI is InChI=1S/C4H9.Na.H/c1-3-4-2;;/h3H,4H2,1-2H3;;. The van der Waals surface area contributed by atoms with Crippen LogP contribution in [0, 0.1) is 6.42 Å². The van der Waals surface area contributed by atoms with Crippen LogP contribution in [0.3, 0.4) is 0 Å². The van der Waals surface area contributed by atoms with Gasteiger partial charge in [0.1, 0.15) is 0 Å². The topological polar surface area (TPSA) is 0 Å². The van der Waals surface area contributed by atoms with Gasteiger partial charge in [-0.1, -0.05) is 20.3 Å². The van der Waals surface area contributed by atoms with E-state index in [1.54, 1.807) is 0 Å². The van der Waals surface area contributed by atoms with Crippen LogP contribution < -0.4 is 0 Å². The average Bonchev–Trinajstić information content (AvgIpc) is 1.37. The molecule has 0 aliphatic carbocycles. The average molecular weight is 81.1 g/mol. The Bertz CT molecular complexity index is 5.61. The predicted octanol–water partition coefficient (Wildman–Crippen LogP) is 0.972. The summed E-state index contributed by atoms with van der Waals surface area (Å²) in [6.45, 7) is 4.18. The third kappa shape index (κ3) is 11.2. The molecule has 0 aliphatic heterocycles. The first-order valence-corrected chi connectivity index (χ1v) is 1.69. The van der Waals surface area contributed by atoms with E-state index in [1.807, 2.05) is 0 Å². The third-order valence-electron chi connectivity index (χ3n) is 0.408. The summed E-state index contributed by atoms with van der Waals surface area (Å²) in [5, 5.41) is 0. The summed E-state index contributed by atoms with van der Waals surface area (Å²) in [6, 6.07) is 0. The number of unbranched alkanes of at least 4 members (excludes halogenated alkanes) is 1. The van der Waals surface area contributed by atoms with Crippen LogP contribution >= 0.6 is 0 Å². The summed E-state index contributed by atoms with van der Waals surface area (Å²) in [7, 11) is 0. The Morgan fingerprint density at radius 3 is 1.80 bits per heavy atom. The van der Waals surface area contributed by atoms with E-state index in [4.69, 9.17) is 0 Å². The molecule has 0 aromatic carbocycles. The zero-order valence-electron chi connectivity index (χ0n) is 3.28. The van der Waals surface area contributed by atoms with Crippen LogP contribution in [0.1, 0.15) is 20.3 Å². The first kappa shape index (κ1) is 9.38. The van der Waals surface area contributed by atoms with E-state index in [9.17, 15) is 0 Å². The van der Waals surface area contributed by atoms with Crippen molar-refractivity contribution in [3.8, 4) is 0 Å². The van der Waals surface area contributed by atoms with Gasteiger partial charge in [0.15, 0.2) is 0 Å². The fourth-order valence-electron chi connectivity index (χ4n) is 0. The molecule has 0 amide bonds. The first-order valence-electron chi connectivity index (χ1n) is 1.69. The molecule has 0 saturated carbocycles. The second-order valence-corrected chi connectivity index (χ2v) is 0.816. The Balaban J connectivity index is 0. The predicted molar refractivity (Wildman–Crippen MR) is 27.4 cm³/mol. The van der Waals surface area contributed by atoms with Crippen molar-refractivity contribution in [2.24, 2.45) is 0 Å². The fraction of sp³-hybridized carbons (Fsp3) is 0.750. The molecule has 0 spiro atoms. The molecule has 1 heteroatoms. The second kappa shape index (κ2) is 8.89. The number of rotatable bonds is 1. The molecule has 0 fully saturated rings. The molecular weight excluding hydrogens is 71.0 g/mol. The van der Waals surface area contributed by atoms with Crippen LogP contribution in [0.2, 0.25) is 0 Å². The van der Waals surface area contributed by atoms with Crippen molar-refractivity contribution in [1.29, 1.82) is 0 Å². The first-order chi connectivity index (χ1) is 1.91. The zero-order chi connectivity index (χ0) is 3.41. The third-order valence-corrected chi connectivity index (χ3v) is 0.408. The van der Waals surface area contributed by atoms with E-state index in [-0.39, 0.29) is 29.6 Å². The Morgan fingerprint density at radius 2 is 1.80 bits per heavy atom. The van der Waals surface area contributed by atoms with Crippen LogP contribution in [-0.4, -0.2) is 29.6 Å². The Labute approximate surface area is 56.2 Å². The summed E-state index contributed by atoms with van der Waals surface area (Å²) in [5.41, 5.74) is 0. The van der Waals surface area contributed by atoms with Gasteiger partial charge >= 0.3 is 29.6 Å².